The molecule has 2 heterocycles. The summed E-state index contributed by atoms with van der Waals surface area (Å²) >= 11 is 0. The minimum Gasteiger partial charge on any atom is -0.388 e. The van der Waals surface area contributed by atoms with Gasteiger partial charge in [-0.1, -0.05) is 12.1 Å². The first-order chi connectivity index (χ1) is 9.06. The number of hydrogen-bond donors (Lipinski definition) is 2. The normalized spacial score (nSPS) is 18.3. The number of rotatable bonds is 4. The van der Waals surface area contributed by atoms with E-state index in [9.17, 15) is 9.90 Å². The zero-order valence-corrected chi connectivity index (χ0v) is 11.4. The van der Waals surface area contributed by atoms with Crippen LogP contribution < -0.4 is 5.32 Å². The Kier molecular flexibility index (Phi) is 4.21. The molecule has 0 bridgehead atoms. The molecule has 0 radical (unpaired) electrons. The van der Waals surface area contributed by atoms with Crippen LogP contribution in [0.3, 0.4) is 0 Å². The third-order valence-corrected chi connectivity index (χ3v) is 3.50. The number of amides is 1. The monoisotopic (exact) mass is 268 g/mol. The molecule has 1 amide bonds. The second-order valence-corrected chi connectivity index (χ2v) is 4.93. The number of aliphatic hydroxyl groups is 1. The molecule has 0 aromatic carbocycles. The van der Waals surface area contributed by atoms with Gasteiger partial charge in [-0.15, -0.1) is 0 Å². The first-order valence-electron chi connectivity index (χ1n) is 6.59. The summed E-state index contributed by atoms with van der Waals surface area (Å²) in [7, 11) is 0. The molecule has 0 atom stereocenters. The quantitative estimate of drug-likeness (QED) is 0.844. The molecule has 19 heavy (non-hydrogen) atoms. The fraction of sp³-hybridized carbons (Fsp3) is 0.692. The number of aryl methyl sites for hydroxylation is 2. The summed E-state index contributed by atoms with van der Waals surface area (Å²) in [6.07, 6.45) is 1.71. The molecule has 1 aliphatic rings. The van der Waals surface area contributed by atoms with Gasteiger partial charge in [0.25, 0.3) is 5.91 Å². The van der Waals surface area contributed by atoms with Crippen LogP contribution in [0.5, 0.6) is 0 Å². The van der Waals surface area contributed by atoms with Crippen molar-refractivity contribution in [2.45, 2.75) is 38.7 Å². The van der Waals surface area contributed by atoms with Gasteiger partial charge in [-0.05, 0) is 13.3 Å². The highest BCUT2D eigenvalue weighted by molar-refractivity contribution is 5.96. The second kappa shape index (κ2) is 5.71. The highest BCUT2D eigenvalue weighted by atomic mass is 16.5. The SMILES string of the molecule is CCc1noc(C)c1C(=O)NCC1(O)CCOCC1. The van der Waals surface area contributed by atoms with Gasteiger partial charge in [0.15, 0.2) is 0 Å². The molecule has 0 unspecified atom stereocenters. The van der Waals surface area contributed by atoms with E-state index in [0.717, 1.165) is 0 Å². The molecular formula is C13H20N2O4. The molecular weight excluding hydrogens is 248 g/mol. The van der Waals surface area contributed by atoms with Crippen molar-refractivity contribution in [3.63, 3.8) is 0 Å². The molecule has 6 nitrogen and oxygen atoms in total. The summed E-state index contributed by atoms with van der Waals surface area (Å²) < 4.78 is 10.2. The molecule has 106 valence electrons. The van der Waals surface area contributed by atoms with Crippen LogP contribution in [-0.4, -0.2) is 41.5 Å². The summed E-state index contributed by atoms with van der Waals surface area (Å²) in [6, 6.07) is 0. The van der Waals surface area contributed by atoms with Crippen molar-refractivity contribution in [1.29, 1.82) is 0 Å². The number of nitrogens with one attached hydrogen (secondary N) is 1. The predicted molar refractivity (Wildman–Crippen MR) is 68.0 cm³/mol. The van der Waals surface area contributed by atoms with Crippen LogP contribution in [0, 0.1) is 6.92 Å². The van der Waals surface area contributed by atoms with Crippen molar-refractivity contribution in [1.82, 2.24) is 10.5 Å². The van der Waals surface area contributed by atoms with Gasteiger partial charge in [-0.25, -0.2) is 0 Å². The highest BCUT2D eigenvalue weighted by Crippen LogP contribution is 2.20. The van der Waals surface area contributed by atoms with E-state index in [-0.39, 0.29) is 12.5 Å². The van der Waals surface area contributed by atoms with E-state index < -0.39 is 5.60 Å². The second-order valence-electron chi connectivity index (χ2n) is 4.93. The largest absolute Gasteiger partial charge is 0.388 e. The van der Waals surface area contributed by atoms with E-state index >= 15 is 0 Å². The molecule has 6 heteroatoms. The van der Waals surface area contributed by atoms with E-state index in [2.05, 4.69) is 10.5 Å². The van der Waals surface area contributed by atoms with Crippen LogP contribution in [0.4, 0.5) is 0 Å². The number of aromatic nitrogens is 1. The zero-order chi connectivity index (χ0) is 13.9. The molecule has 1 saturated heterocycles. The van der Waals surface area contributed by atoms with E-state index in [1.54, 1.807) is 6.92 Å². The first-order valence-corrected chi connectivity index (χ1v) is 6.59. The van der Waals surface area contributed by atoms with Crippen molar-refractivity contribution in [2.24, 2.45) is 0 Å². The molecule has 1 fully saturated rings. The fourth-order valence-corrected chi connectivity index (χ4v) is 2.21. The van der Waals surface area contributed by atoms with E-state index in [4.69, 9.17) is 9.26 Å². The Morgan fingerprint density at radius 2 is 2.16 bits per heavy atom. The Bertz CT molecular complexity index is 449. The average Bonchev–Trinajstić information content (AvgIpc) is 2.78. The Labute approximate surface area is 112 Å². The van der Waals surface area contributed by atoms with Crippen LogP contribution in [0.2, 0.25) is 0 Å². The van der Waals surface area contributed by atoms with Crippen LogP contribution in [0.25, 0.3) is 0 Å². The lowest BCUT2D eigenvalue weighted by Crippen LogP contribution is -2.46. The first kappa shape index (κ1) is 14.0. The molecule has 0 spiro atoms. The maximum Gasteiger partial charge on any atom is 0.256 e. The third kappa shape index (κ3) is 3.13. The molecule has 1 aromatic rings. The molecule has 1 aromatic heterocycles. The Morgan fingerprint density at radius 1 is 1.47 bits per heavy atom. The van der Waals surface area contributed by atoms with Crippen LogP contribution in [-0.2, 0) is 11.2 Å². The number of ether oxygens (including phenoxy) is 1. The maximum absolute atomic E-state index is 12.1. The summed E-state index contributed by atoms with van der Waals surface area (Å²) in [6.45, 7) is 4.91. The van der Waals surface area contributed by atoms with Gasteiger partial charge in [-0.3, -0.25) is 4.79 Å². The topological polar surface area (TPSA) is 84.6 Å². The van der Waals surface area contributed by atoms with Crippen molar-refractivity contribution in [3.8, 4) is 0 Å². The Balaban J connectivity index is 1.99. The Morgan fingerprint density at radius 3 is 2.79 bits per heavy atom. The lowest BCUT2D eigenvalue weighted by Gasteiger charge is -2.32. The van der Waals surface area contributed by atoms with E-state index in [0.29, 0.717) is 49.5 Å². The van der Waals surface area contributed by atoms with Crippen molar-refractivity contribution in [3.05, 3.63) is 17.0 Å². The van der Waals surface area contributed by atoms with Crippen LogP contribution >= 0.6 is 0 Å². The van der Waals surface area contributed by atoms with Gasteiger partial charge in [0.2, 0.25) is 0 Å². The molecule has 0 saturated carbocycles. The van der Waals surface area contributed by atoms with Gasteiger partial charge in [0, 0.05) is 32.6 Å². The third-order valence-electron chi connectivity index (χ3n) is 3.50. The smallest absolute Gasteiger partial charge is 0.256 e. The summed E-state index contributed by atoms with van der Waals surface area (Å²) in [5.74, 6) is 0.267. The minimum atomic E-state index is -0.870. The van der Waals surface area contributed by atoms with Gasteiger partial charge < -0.3 is 19.7 Å². The minimum absolute atomic E-state index is 0.225. The lowest BCUT2D eigenvalue weighted by molar-refractivity contribution is -0.0605. The van der Waals surface area contributed by atoms with Gasteiger partial charge >= 0.3 is 0 Å². The van der Waals surface area contributed by atoms with Crippen LogP contribution in [0.1, 0.15) is 41.6 Å². The number of nitrogens with zero attached hydrogens (tertiary/aromatic N) is 1. The van der Waals surface area contributed by atoms with Crippen molar-refractivity contribution >= 4 is 5.91 Å². The van der Waals surface area contributed by atoms with E-state index in [1.807, 2.05) is 6.92 Å². The standard InChI is InChI=1S/C13H20N2O4/c1-3-10-11(9(2)19-15-10)12(16)14-8-13(17)4-6-18-7-5-13/h17H,3-8H2,1-2H3,(H,14,16). The number of hydrogen-bond acceptors (Lipinski definition) is 5. The van der Waals surface area contributed by atoms with Crippen molar-refractivity contribution < 1.29 is 19.2 Å². The Hall–Kier alpha value is -1.40. The molecule has 1 aliphatic heterocycles. The summed E-state index contributed by atoms with van der Waals surface area (Å²) in [5, 5.41) is 16.9. The maximum atomic E-state index is 12.1. The van der Waals surface area contributed by atoms with Gasteiger partial charge in [0.05, 0.1) is 11.3 Å². The molecule has 2 rings (SSSR count). The van der Waals surface area contributed by atoms with Crippen molar-refractivity contribution in [2.75, 3.05) is 19.8 Å². The van der Waals surface area contributed by atoms with Crippen LogP contribution in [0.15, 0.2) is 4.52 Å². The predicted octanol–water partition coefficient (Wildman–Crippen LogP) is 0.817. The highest BCUT2D eigenvalue weighted by Gasteiger charge is 2.31. The molecule has 0 aliphatic carbocycles. The molecule has 2 N–H and O–H groups in total. The zero-order valence-electron chi connectivity index (χ0n) is 11.4. The number of carbonyl (C=O) groups excluding carboxylic acids is 1. The lowest BCUT2D eigenvalue weighted by atomic mass is 9.94. The average molecular weight is 268 g/mol. The van der Waals surface area contributed by atoms with Gasteiger partial charge in [0.1, 0.15) is 11.3 Å². The number of carbonyl (C=O) groups is 1. The summed E-state index contributed by atoms with van der Waals surface area (Å²) in [5.41, 5.74) is 0.262. The van der Waals surface area contributed by atoms with E-state index in [1.165, 1.54) is 0 Å². The van der Waals surface area contributed by atoms with Gasteiger partial charge in [-0.2, -0.15) is 0 Å². The summed E-state index contributed by atoms with van der Waals surface area (Å²) in [4.78, 5) is 12.1. The fourth-order valence-electron chi connectivity index (χ4n) is 2.21.